The third-order valence-electron chi connectivity index (χ3n) is 2.52. The Balaban J connectivity index is 2.40. The van der Waals surface area contributed by atoms with E-state index in [9.17, 15) is 9.79 Å². The van der Waals surface area contributed by atoms with E-state index in [-0.39, 0.29) is 6.16 Å². The standard InChI is InChI=1S/C12H21N2O3P/c1-3-5-6-7-8-13-9-10-14(12-13)17-18(15,16)11-4-2/h4,9-10,12H,2-3,5-8,11H2,1H3/p+1. The van der Waals surface area contributed by atoms with Gasteiger partial charge in [-0.05, 0) is 23.6 Å². The van der Waals surface area contributed by atoms with Crippen molar-refractivity contribution in [2.75, 3.05) is 6.16 Å². The van der Waals surface area contributed by atoms with E-state index in [1.54, 1.807) is 12.5 Å². The molecule has 1 unspecified atom stereocenters. The summed E-state index contributed by atoms with van der Waals surface area (Å²) >= 11 is 0. The number of rotatable bonds is 9. The Bertz CT molecular complexity index is 366. The van der Waals surface area contributed by atoms with E-state index in [4.69, 9.17) is 4.62 Å². The molecule has 0 bridgehead atoms. The number of nitrogens with zero attached hydrogens (tertiary/aromatic N) is 2. The number of hydrogen-bond acceptors (Lipinski definition) is 3. The summed E-state index contributed by atoms with van der Waals surface area (Å²) in [6.45, 7) is 6.50. The number of unbranched alkanes of at least 4 members (excludes halogenated alkanes) is 3. The molecule has 1 aromatic rings. The minimum atomic E-state index is -3.61. The van der Waals surface area contributed by atoms with Crippen molar-refractivity contribution in [3.8, 4) is 0 Å². The van der Waals surface area contributed by atoms with Crippen molar-refractivity contribution in [2.24, 2.45) is 0 Å². The van der Waals surface area contributed by atoms with Crippen LogP contribution in [0.5, 0.6) is 0 Å². The number of allylic oxidation sites excluding steroid dienone is 1. The molecule has 1 heterocycles. The van der Waals surface area contributed by atoms with Crippen LogP contribution < -0.4 is 14.1 Å². The van der Waals surface area contributed by atoms with E-state index in [0.717, 1.165) is 13.0 Å². The van der Waals surface area contributed by atoms with Crippen molar-refractivity contribution < 1.29 is 19.0 Å². The molecule has 18 heavy (non-hydrogen) atoms. The van der Waals surface area contributed by atoms with Crippen LogP contribution in [0.4, 0.5) is 0 Å². The molecule has 5 nitrogen and oxygen atoms in total. The fraction of sp³-hybridized carbons (Fsp3) is 0.583. The Labute approximate surface area is 109 Å². The maximum Gasteiger partial charge on any atom is 0.343 e. The van der Waals surface area contributed by atoms with E-state index >= 15 is 0 Å². The van der Waals surface area contributed by atoms with Crippen molar-refractivity contribution in [1.29, 1.82) is 0 Å². The lowest BCUT2D eigenvalue weighted by molar-refractivity contribution is -0.697. The zero-order chi connectivity index (χ0) is 13.4. The molecule has 0 aromatic carbocycles. The van der Waals surface area contributed by atoms with E-state index in [1.807, 2.05) is 10.8 Å². The van der Waals surface area contributed by atoms with E-state index in [2.05, 4.69) is 13.5 Å². The molecule has 102 valence electrons. The van der Waals surface area contributed by atoms with Gasteiger partial charge in [-0.25, -0.2) is 9.46 Å². The largest absolute Gasteiger partial charge is 0.620 e. The summed E-state index contributed by atoms with van der Waals surface area (Å²) < 4.78 is 8.22. The number of aryl methyl sites for hydroxylation is 1. The number of aromatic nitrogens is 2. The molecule has 0 fully saturated rings. The van der Waals surface area contributed by atoms with Gasteiger partial charge in [-0.3, -0.25) is 0 Å². The van der Waals surface area contributed by atoms with Gasteiger partial charge < -0.3 is 4.89 Å². The highest BCUT2D eigenvalue weighted by molar-refractivity contribution is 7.58. The van der Waals surface area contributed by atoms with Crippen LogP contribution in [-0.2, 0) is 6.54 Å². The van der Waals surface area contributed by atoms with Crippen LogP contribution in [-0.4, -0.2) is 15.8 Å². The highest BCUT2D eigenvalue weighted by Crippen LogP contribution is 2.41. The Hall–Kier alpha value is -0.900. The van der Waals surface area contributed by atoms with Crippen molar-refractivity contribution in [2.45, 2.75) is 39.2 Å². The predicted molar refractivity (Wildman–Crippen MR) is 69.6 cm³/mol. The second-order valence-corrected chi connectivity index (χ2v) is 6.07. The molecule has 1 rings (SSSR count). The second kappa shape index (κ2) is 7.52. The highest BCUT2D eigenvalue weighted by Gasteiger charge is 2.28. The Morgan fingerprint density at radius 2 is 2.28 bits per heavy atom. The average molecular weight is 273 g/mol. The first-order chi connectivity index (χ1) is 8.57. The minimum Gasteiger partial charge on any atom is -0.620 e. The first-order valence-corrected chi connectivity index (χ1v) is 8.03. The van der Waals surface area contributed by atoms with Crippen molar-refractivity contribution in [3.63, 3.8) is 0 Å². The third kappa shape index (κ3) is 5.63. The molecule has 0 amide bonds. The molecule has 1 aromatic heterocycles. The molecule has 0 radical (unpaired) electrons. The SMILES string of the molecule is C=CC[P+]([O-])(O)On1cc[n+](CCCCCC)c1. The van der Waals surface area contributed by atoms with Gasteiger partial charge in [-0.2, -0.15) is 4.62 Å². The average Bonchev–Trinajstić information content (AvgIpc) is 2.71. The molecule has 0 saturated carbocycles. The lowest BCUT2D eigenvalue weighted by atomic mass is 10.2. The number of hydrogen-bond donors (Lipinski definition) is 1. The van der Waals surface area contributed by atoms with Crippen LogP contribution in [0.15, 0.2) is 31.4 Å². The van der Waals surface area contributed by atoms with E-state index in [1.165, 1.54) is 30.1 Å². The molecule has 1 N–H and O–H groups in total. The lowest BCUT2D eigenvalue weighted by Gasteiger charge is -2.15. The van der Waals surface area contributed by atoms with E-state index < -0.39 is 7.94 Å². The van der Waals surface area contributed by atoms with Crippen molar-refractivity contribution >= 4 is 7.94 Å². The first-order valence-electron chi connectivity index (χ1n) is 6.27. The normalized spacial score (nSPS) is 14.2. The molecule has 0 saturated heterocycles. The zero-order valence-electron chi connectivity index (χ0n) is 10.9. The summed E-state index contributed by atoms with van der Waals surface area (Å²) in [5.41, 5.74) is 0. The predicted octanol–water partition coefficient (Wildman–Crippen LogP) is 1.09. The maximum absolute atomic E-state index is 11.5. The lowest BCUT2D eigenvalue weighted by Crippen LogP contribution is -2.32. The smallest absolute Gasteiger partial charge is 0.343 e. The van der Waals surface area contributed by atoms with Crippen molar-refractivity contribution in [1.82, 2.24) is 4.73 Å². The summed E-state index contributed by atoms with van der Waals surface area (Å²) in [7, 11) is -3.61. The van der Waals surface area contributed by atoms with Gasteiger partial charge in [-0.15, -0.1) is 0 Å². The summed E-state index contributed by atoms with van der Waals surface area (Å²) in [6.07, 6.45) is 11.2. The summed E-state index contributed by atoms with van der Waals surface area (Å²) in [5.74, 6) is 0. The summed E-state index contributed by atoms with van der Waals surface area (Å²) in [4.78, 5) is 21.0. The molecule has 1 atom stereocenters. The van der Waals surface area contributed by atoms with Gasteiger partial charge in [0.25, 0.3) is 6.33 Å². The molecule has 0 aliphatic carbocycles. The van der Waals surface area contributed by atoms with Gasteiger partial charge >= 0.3 is 7.94 Å². The summed E-state index contributed by atoms with van der Waals surface area (Å²) in [6, 6.07) is 0. The zero-order valence-corrected chi connectivity index (χ0v) is 11.8. The molecule has 6 heteroatoms. The van der Waals surface area contributed by atoms with Crippen LogP contribution in [0, 0.1) is 0 Å². The van der Waals surface area contributed by atoms with Crippen LogP contribution in [0.25, 0.3) is 0 Å². The third-order valence-corrected chi connectivity index (χ3v) is 3.68. The maximum atomic E-state index is 11.5. The van der Waals surface area contributed by atoms with Gasteiger partial charge in [0.1, 0.15) is 12.4 Å². The fourth-order valence-corrected chi connectivity index (χ4v) is 2.40. The first kappa shape index (κ1) is 15.2. The van der Waals surface area contributed by atoms with E-state index in [0.29, 0.717) is 0 Å². The number of imidazole rings is 1. The highest BCUT2D eigenvalue weighted by atomic mass is 31.2. The van der Waals surface area contributed by atoms with Crippen LogP contribution in [0.2, 0.25) is 0 Å². The Kier molecular flexibility index (Phi) is 6.33. The Morgan fingerprint density at radius 1 is 1.50 bits per heavy atom. The molecule has 0 aliphatic rings. The Morgan fingerprint density at radius 3 is 2.94 bits per heavy atom. The molecular formula is C12H22N2O3P+. The quantitative estimate of drug-likeness (QED) is 0.317. The topological polar surface area (TPSA) is 61.3 Å². The van der Waals surface area contributed by atoms with Crippen LogP contribution >= 0.6 is 7.94 Å². The van der Waals surface area contributed by atoms with Gasteiger partial charge in [0.15, 0.2) is 6.20 Å². The van der Waals surface area contributed by atoms with Crippen LogP contribution in [0.3, 0.4) is 0 Å². The second-order valence-electron chi connectivity index (χ2n) is 4.26. The van der Waals surface area contributed by atoms with Crippen LogP contribution in [0.1, 0.15) is 32.6 Å². The molecule has 0 aliphatic heterocycles. The molecule has 0 spiro atoms. The minimum absolute atomic E-state index is 0.0539. The fourth-order valence-electron chi connectivity index (χ4n) is 1.62. The van der Waals surface area contributed by atoms with Crippen molar-refractivity contribution in [3.05, 3.63) is 31.4 Å². The summed E-state index contributed by atoms with van der Waals surface area (Å²) in [5, 5.41) is 0. The van der Waals surface area contributed by atoms with Gasteiger partial charge in [-0.1, -0.05) is 26.3 Å². The van der Waals surface area contributed by atoms with Gasteiger partial charge in [0.2, 0.25) is 0 Å². The van der Waals surface area contributed by atoms with Gasteiger partial charge in [0.05, 0.1) is 6.54 Å². The molecular weight excluding hydrogens is 251 g/mol. The monoisotopic (exact) mass is 273 g/mol. The van der Waals surface area contributed by atoms with Gasteiger partial charge in [0, 0.05) is 0 Å².